The molecule has 0 saturated heterocycles. The molecule has 1 N–H and O–H groups in total. The summed E-state index contributed by atoms with van der Waals surface area (Å²) in [5, 5.41) is 19.7. The van der Waals surface area contributed by atoms with Crippen LogP contribution in [0.2, 0.25) is 0 Å². The Morgan fingerprint density at radius 2 is 2.05 bits per heavy atom. The van der Waals surface area contributed by atoms with Gasteiger partial charge in [-0.3, -0.25) is 10.1 Å². The van der Waals surface area contributed by atoms with Gasteiger partial charge < -0.3 is 9.84 Å². The number of carbonyl (C=O) groups is 1. The molecule has 1 atom stereocenters. The molecule has 0 aromatic heterocycles. The lowest BCUT2D eigenvalue weighted by atomic mass is 10.1. The molecular weight excluding hydrogens is 269 g/mol. The smallest absolute Gasteiger partial charge is 0.338 e. The maximum atomic E-state index is 13.4. The molecule has 0 aliphatic rings. The maximum Gasteiger partial charge on any atom is 0.338 e. The molecule has 0 aliphatic heterocycles. The lowest BCUT2D eigenvalue weighted by Crippen LogP contribution is -2.16. The normalized spacial score (nSPS) is 12.2. The van der Waals surface area contributed by atoms with E-state index in [1.165, 1.54) is 0 Å². The second-order valence-corrected chi connectivity index (χ2v) is 4.92. The van der Waals surface area contributed by atoms with E-state index in [9.17, 15) is 19.3 Å². The number of rotatable bonds is 6. The van der Waals surface area contributed by atoms with Crippen molar-refractivity contribution >= 4 is 11.7 Å². The van der Waals surface area contributed by atoms with Crippen molar-refractivity contribution in [3.63, 3.8) is 0 Å². The summed E-state index contributed by atoms with van der Waals surface area (Å²) in [6.45, 7) is 5.64. The lowest BCUT2D eigenvalue weighted by molar-refractivity contribution is -0.386. The van der Waals surface area contributed by atoms with E-state index in [1.54, 1.807) is 6.92 Å². The number of hydrogen-bond donors (Lipinski definition) is 1. The minimum absolute atomic E-state index is 0.234. The van der Waals surface area contributed by atoms with Crippen LogP contribution < -0.4 is 4.74 Å². The van der Waals surface area contributed by atoms with E-state index < -0.39 is 28.0 Å². The summed E-state index contributed by atoms with van der Waals surface area (Å²) in [5.41, 5.74) is -1.23. The molecule has 7 heteroatoms. The molecule has 0 fully saturated rings. The molecule has 0 heterocycles. The van der Waals surface area contributed by atoms with Gasteiger partial charge in [-0.1, -0.05) is 13.8 Å². The molecule has 1 rings (SSSR count). The van der Waals surface area contributed by atoms with Crippen LogP contribution in [0.15, 0.2) is 12.1 Å². The predicted octanol–water partition coefficient (Wildman–Crippen LogP) is 3.25. The van der Waals surface area contributed by atoms with Gasteiger partial charge in [0.2, 0.25) is 0 Å². The molecule has 110 valence electrons. The van der Waals surface area contributed by atoms with E-state index in [-0.39, 0.29) is 11.9 Å². The highest BCUT2D eigenvalue weighted by Crippen LogP contribution is 2.31. The summed E-state index contributed by atoms with van der Waals surface area (Å²) < 4.78 is 18.8. The average Bonchev–Trinajstić information content (AvgIpc) is 2.29. The number of nitro benzene ring substituents is 1. The van der Waals surface area contributed by atoms with Crippen LogP contribution in [-0.4, -0.2) is 22.1 Å². The molecule has 0 spiro atoms. The van der Waals surface area contributed by atoms with E-state index in [1.807, 2.05) is 13.8 Å². The molecule has 0 saturated carbocycles. The van der Waals surface area contributed by atoms with E-state index in [0.29, 0.717) is 18.4 Å². The third-order valence-electron chi connectivity index (χ3n) is 2.61. The quantitative estimate of drug-likeness (QED) is 0.640. The summed E-state index contributed by atoms with van der Waals surface area (Å²) in [5.74, 6) is -2.59. The Bertz CT molecular complexity index is 530. The van der Waals surface area contributed by atoms with E-state index in [2.05, 4.69) is 0 Å². The Kier molecular flexibility index (Phi) is 5.01. The fourth-order valence-corrected chi connectivity index (χ4v) is 1.87. The van der Waals surface area contributed by atoms with Crippen LogP contribution in [0.5, 0.6) is 5.75 Å². The van der Waals surface area contributed by atoms with Crippen molar-refractivity contribution in [2.24, 2.45) is 5.92 Å². The monoisotopic (exact) mass is 285 g/mol. The largest absolute Gasteiger partial charge is 0.484 e. The number of nitrogens with zero attached hydrogens (tertiary/aromatic N) is 1. The van der Waals surface area contributed by atoms with Gasteiger partial charge in [0.1, 0.15) is 5.82 Å². The Labute approximate surface area is 115 Å². The van der Waals surface area contributed by atoms with E-state index in [0.717, 1.165) is 6.07 Å². The molecule has 1 aromatic rings. The highest BCUT2D eigenvalue weighted by molar-refractivity contribution is 5.89. The van der Waals surface area contributed by atoms with Crippen LogP contribution in [-0.2, 0) is 0 Å². The number of benzene rings is 1. The van der Waals surface area contributed by atoms with Crippen LogP contribution in [0, 0.1) is 21.8 Å². The van der Waals surface area contributed by atoms with Crippen molar-refractivity contribution in [2.45, 2.75) is 33.3 Å². The molecule has 0 aliphatic carbocycles. The number of carboxylic acid groups (broad SMARTS) is 1. The van der Waals surface area contributed by atoms with Crippen LogP contribution in [0.4, 0.5) is 10.1 Å². The number of halogens is 1. The van der Waals surface area contributed by atoms with Crippen molar-refractivity contribution in [2.75, 3.05) is 0 Å². The minimum Gasteiger partial charge on any atom is -0.484 e. The van der Waals surface area contributed by atoms with Crippen molar-refractivity contribution < 1.29 is 24.0 Å². The van der Waals surface area contributed by atoms with E-state index >= 15 is 0 Å². The van der Waals surface area contributed by atoms with Crippen molar-refractivity contribution in [3.05, 3.63) is 33.6 Å². The number of carboxylic acids is 1. The van der Waals surface area contributed by atoms with Gasteiger partial charge in [-0.15, -0.1) is 0 Å². The standard InChI is InChI=1S/C13H16FNO5/c1-7(2)4-8(3)20-12-5-9(13(16)17)10(14)6-11(12)15(18)19/h5-8H,4H2,1-3H3,(H,16,17). The number of aromatic carboxylic acids is 1. The van der Waals surface area contributed by atoms with Gasteiger partial charge in [-0.2, -0.15) is 0 Å². The first kappa shape index (κ1) is 15.9. The molecule has 1 unspecified atom stereocenters. The van der Waals surface area contributed by atoms with Crippen LogP contribution in [0.25, 0.3) is 0 Å². The van der Waals surface area contributed by atoms with Gasteiger partial charge in [0.25, 0.3) is 0 Å². The number of nitro groups is 1. The minimum atomic E-state index is -1.50. The molecular formula is C13H16FNO5. The van der Waals surface area contributed by atoms with Gasteiger partial charge in [0.15, 0.2) is 5.75 Å². The topological polar surface area (TPSA) is 89.7 Å². The Morgan fingerprint density at radius 1 is 1.45 bits per heavy atom. The maximum absolute atomic E-state index is 13.4. The third kappa shape index (κ3) is 3.91. The van der Waals surface area contributed by atoms with Gasteiger partial charge in [-0.25, -0.2) is 9.18 Å². The van der Waals surface area contributed by atoms with Gasteiger partial charge in [0.05, 0.1) is 22.7 Å². The zero-order valence-corrected chi connectivity index (χ0v) is 11.4. The van der Waals surface area contributed by atoms with Crippen LogP contribution >= 0.6 is 0 Å². The highest BCUT2D eigenvalue weighted by atomic mass is 19.1. The summed E-state index contributed by atoms with van der Waals surface area (Å²) in [4.78, 5) is 20.9. The van der Waals surface area contributed by atoms with Crippen molar-refractivity contribution in [1.29, 1.82) is 0 Å². The predicted molar refractivity (Wildman–Crippen MR) is 69.6 cm³/mol. The zero-order valence-electron chi connectivity index (χ0n) is 11.4. The Hall–Kier alpha value is -2.18. The Balaban J connectivity index is 3.17. The molecule has 0 amide bonds. The summed E-state index contributed by atoms with van der Waals surface area (Å²) in [6.07, 6.45) is 0.289. The molecule has 6 nitrogen and oxygen atoms in total. The van der Waals surface area contributed by atoms with E-state index in [4.69, 9.17) is 9.84 Å². The van der Waals surface area contributed by atoms with Gasteiger partial charge >= 0.3 is 11.7 Å². The van der Waals surface area contributed by atoms with Crippen LogP contribution in [0.1, 0.15) is 37.6 Å². The molecule has 0 radical (unpaired) electrons. The number of ether oxygens (including phenoxy) is 1. The van der Waals surface area contributed by atoms with Crippen molar-refractivity contribution in [1.82, 2.24) is 0 Å². The number of hydrogen-bond acceptors (Lipinski definition) is 4. The first-order chi connectivity index (χ1) is 9.22. The lowest BCUT2D eigenvalue weighted by Gasteiger charge is -2.17. The Morgan fingerprint density at radius 3 is 2.50 bits per heavy atom. The second-order valence-electron chi connectivity index (χ2n) is 4.92. The van der Waals surface area contributed by atoms with Gasteiger partial charge in [-0.05, 0) is 19.3 Å². The third-order valence-corrected chi connectivity index (χ3v) is 2.61. The second kappa shape index (κ2) is 6.31. The molecule has 0 bridgehead atoms. The van der Waals surface area contributed by atoms with Crippen LogP contribution in [0.3, 0.4) is 0 Å². The SMILES string of the molecule is CC(C)CC(C)Oc1cc(C(=O)O)c(F)cc1[N+](=O)[O-]. The first-order valence-corrected chi connectivity index (χ1v) is 6.10. The van der Waals surface area contributed by atoms with Crippen molar-refractivity contribution in [3.8, 4) is 5.75 Å². The summed E-state index contributed by atoms with van der Waals surface area (Å²) in [7, 11) is 0. The first-order valence-electron chi connectivity index (χ1n) is 6.10. The molecule has 20 heavy (non-hydrogen) atoms. The molecule has 1 aromatic carbocycles. The zero-order chi connectivity index (χ0) is 15.4. The summed E-state index contributed by atoms with van der Waals surface area (Å²) in [6, 6.07) is 1.42. The average molecular weight is 285 g/mol. The fraction of sp³-hybridized carbons (Fsp3) is 0.462. The van der Waals surface area contributed by atoms with Gasteiger partial charge in [0, 0.05) is 6.07 Å². The fourth-order valence-electron chi connectivity index (χ4n) is 1.87. The highest BCUT2D eigenvalue weighted by Gasteiger charge is 2.24. The summed E-state index contributed by atoms with van der Waals surface area (Å²) >= 11 is 0.